The summed E-state index contributed by atoms with van der Waals surface area (Å²) in [5.74, 6) is -0.368. The predicted molar refractivity (Wildman–Crippen MR) is 84.0 cm³/mol. The third-order valence-electron chi connectivity index (χ3n) is 3.84. The van der Waals surface area contributed by atoms with Crippen LogP contribution in [0, 0.1) is 6.92 Å². The molecule has 3 N–H and O–H groups in total. The lowest BCUT2D eigenvalue weighted by molar-refractivity contribution is 0.0901. The lowest BCUT2D eigenvalue weighted by Crippen LogP contribution is -2.45. The zero-order valence-electron chi connectivity index (χ0n) is 12.7. The predicted octanol–water partition coefficient (Wildman–Crippen LogP) is 2.60. The first-order valence-electron chi connectivity index (χ1n) is 6.69. The summed E-state index contributed by atoms with van der Waals surface area (Å²) in [4.78, 5) is 12.2. The highest BCUT2D eigenvalue weighted by molar-refractivity contribution is 7.89. The van der Waals surface area contributed by atoms with Crippen LogP contribution in [0.5, 0.6) is 0 Å². The molecule has 0 aliphatic carbocycles. The van der Waals surface area contributed by atoms with Gasteiger partial charge >= 0.3 is 0 Å². The minimum atomic E-state index is -3.93. The highest BCUT2D eigenvalue weighted by Gasteiger charge is 2.24. The van der Waals surface area contributed by atoms with Gasteiger partial charge in [0.05, 0.1) is 4.90 Å². The normalized spacial score (nSPS) is 12.3. The summed E-state index contributed by atoms with van der Waals surface area (Å²) < 4.78 is 23.1. The Morgan fingerprint density at radius 2 is 1.86 bits per heavy atom. The lowest BCUT2D eigenvalue weighted by atomic mass is 9.95. The molecule has 5 nitrogen and oxygen atoms in total. The van der Waals surface area contributed by atoms with Crippen molar-refractivity contribution >= 4 is 27.5 Å². The molecule has 1 rings (SSSR count). The molecule has 0 bridgehead atoms. The van der Waals surface area contributed by atoms with Crippen molar-refractivity contribution in [2.75, 3.05) is 0 Å². The highest BCUT2D eigenvalue weighted by atomic mass is 35.5. The second-order valence-electron chi connectivity index (χ2n) is 5.35. The summed E-state index contributed by atoms with van der Waals surface area (Å²) in [6, 6.07) is 2.71. The lowest BCUT2D eigenvalue weighted by Gasteiger charge is -2.28. The maximum atomic E-state index is 12.3. The maximum Gasteiger partial charge on any atom is 0.251 e. The third-order valence-corrected chi connectivity index (χ3v) is 5.27. The first kappa shape index (κ1) is 17.9. The first-order valence-corrected chi connectivity index (χ1v) is 8.62. The van der Waals surface area contributed by atoms with Crippen molar-refractivity contribution in [3.05, 3.63) is 28.3 Å². The molecule has 0 aromatic heterocycles. The highest BCUT2D eigenvalue weighted by Crippen LogP contribution is 2.25. The van der Waals surface area contributed by atoms with Crippen molar-refractivity contribution in [1.82, 2.24) is 5.32 Å². The Kier molecular flexibility index (Phi) is 5.41. The number of carbonyl (C=O) groups excluding carboxylic acids is 1. The van der Waals surface area contributed by atoms with Crippen LogP contribution in [0.4, 0.5) is 0 Å². The van der Waals surface area contributed by atoms with E-state index in [4.69, 9.17) is 16.7 Å². The Hall–Kier alpha value is -1.11. The molecule has 0 unspecified atom stereocenters. The van der Waals surface area contributed by atoms with E-state index in [1.807, 2.05) is 20.8 Å². The molecule has 118 valence electrons. The van der Waals surface area contributed by atoms with Gasteiger partial charge < -0.3 is 5.32 Å². The van der Waals surface area contributed by atoms with E-state index in [0.29, 0.717) is 5.56 Å². The molecule has 0 aliphatic rings. The number of primary sulfonamides is 1. The minimum Gasteiger partial charge on any atom is -0.347 e. The van der Waals surface area contributed by atoms with Crippen molar-refractivity contribution < 1.29 is 13.2 Å². The fourth-order valence-electron chi connectivity index (χ4n) is 1.85. The quantitative estimate of drug-likeness (QED) is 0.868. The second kappa shape index (κ2) is 6.34. The van der Waals surface area contributed by atoms with Gasteiger partial charge in [0, 0.05) is 16.1 Å². The van der Waals surface area contributed by atoms with Crippen molar-refractivity contribution in [2.45, 2.75) is 51.0 Å². The van der Waals surface area contributed by atoms with Crippen LogP contribution in [0.15, 0.2) is 17.0 Å². The van der Waals surface area contributed by atoms with Gasteiger partial charge in [-0.3, -0.25) is 4.79 Å². The van der Waals surface area contributed by atoms with Crippen LogP contribution in [0.3, 0.4) is 0 Å². The summed E-state index contributed by atoms with van der Waals surface area (Å²) in [6.45, 7) is 7.43. The van der Waals surface area contributed by atoms with Gasteiger partial charge in [0.15, 0.2) is 0 Å². The topological polar surface area (TPSA) is 89.3 Å². The average Bonchev–Trinajstić information content (AvgIpc) is 2.40. The molecular weight excluding hydrogens is 312 g/mol. The summed E-state index contributed by atoms with van der Waals surface area (Å²) in [5.41, 5.74) is 0.170. The molecule has 0 saturated carbocycles. The van der Waals surface area contributed by atoms with Crippen LogP contribution in [-0.2, 0) is 10.0 Å². The van der Waals surface area contributed by atoms with Crippen LogP contribution in [0.1, 0.15) is 49.5 Å². The number of hydrogen-bond acceptors (Lipinski definition) is 3. The molecular formula is C14H21ClN2O3S. The van der Waals surface area contributed by atoms with E-state index in [1.165, 1.54) is 12.1 Å². The Balaban J connectivity index is 3.27. The maximum absolute atomic E-state index is 12.3. The largest absolute Gasteiger partial charge is 0.347 e. The fraction of sp³-hybridized carbons (Fsp3) is 0.500. The van der Waals surface area contributed by atoms with Gasteiger partial charge in [-0.2, -0.15) is 0 Å². The van der Waals surface area contributed by atoms with E-state index in [2.05, 4.69) is 5.32 Å². The van der Waals surface area contributed by atoms with Gasteiger partial charge in [-0.1, -0.05) is 25.4 Å². The van der Waals surface area contributed by atoms with Crippen LogP contribution in [-0.4, -0.2) is 19.9 Å². The number of nitrogens with one attached hydrogen (secondary N) is 1. The number of amides is 1. The molecule has 0 saturated heterocycles. The number of halogens is 1. The van der Waals surface area contributed by atoms with Gasteiger partial charge in [-0.15, -0.1) is 0 Å². The molecule has 21 heavy (non-hydrogen) atoms. The van der Waals surface area contributed by atoms with E-state index >= 15 is 0 Å². The summed E-state index contributed by atoms with van der Waals surface area (Å²) in [5, 5.41) is 8.25. The number of rotatable bonds is 5. The van der Waals surface area contributed by atoms with Gasteiger partial charge in [-0.25, -0.2) is 13.6 Å². The zero-order valence-corrected chi connectivity index (χ0v) is 14.2. The van der Waals surface area contributed by atoms with E-state index in [0.717, 1.165) is 12.8 Å². The summed E-state index contributed by atoms with van der Waals surface area (Å²) >= 11 is 6.01. The zero-order chi connectivity index (χ0) is 16.4. The SMILES string of the molecule is CCC(C)(CC)NC(=O)c1cc(Cl)c(C)c(S(N)(=O)=O)c1. The molecule has 1 aromatic carbocycles. The van der Waals surface area contributed by atoms with E-state index in [9.17, 15) is 13.2 Å². The van der Waals surface area contributed by atoms with Crippen LogP contribution in [0.2, 0.25) is 5.02 Å². The van der Waals surface area contributed by atoms with E-state index in [-0.39, 0.29) is 26.9 Å². The molecule has 0 fully saturated rings. The average molecular weight is 333 g/mol. The number of nitrogens with two attached hydrogens (primary N) is 1. The van der Waals surface area contributed by atoms with Gasteiger partial charge in [0.25, 0.3) is 5.91 Å². The van der Waals surface area contributed by atoms with Gasteiger partial charge in [0.2, 0.25) is 10.0 Å². The number of sulfonamides is 1. The third kappa shape index (κ3) is 4.18. The van der Waals surface area contributed by atoms with Crippen LogP contribution < -0.4 is 10.5 Å². The molecule has 0 spiro atoms. The van der Waals surface area contributed by atoms with Crippen molar-refractivity contribution in [2.24, 2.45) is 5.14 Å². The van der Waals surface area contributed by atoms with E-state index in [1.54, 1.807) is 6.92 Å². The number of hydrogen-bond donors (Lipinski definition) is 2. The van der Waals surface area contributed by atoms with Crippen molar-refractivity contribution in [3.63, 3.8) is 0 Å². The molecule has 0 aliphatic heterocycles. The van der Waals surface area contributed by atoms with Gasteiger partial charge in [-0.05, 0) is 44.4 Å². The molecule has 0 radical (unpaired) electrons. The molecule has 0 heterocycles. The Morgan fingerprint density at radius 1 is 1.33 bits per heavy atom. The Bertz CT molecular complexity index is 652. The number of benzene rings is 1. The number of carbonyl (C=O) groups is 1. The summed E-state index contributed by atoms with van der Waals surface area (Å²) in [6.07, 6.45) is 1.52. The minimum absolute atomic E-state index is 0.130. The monoisotopic (exact) mass is 332 g/mol. The van der Waals surface area contributed by atoms with Crippen LogP contribution >= 0.6 is 11.6 Å². The standard InChI is InChI=1S/C14H21ClN2O3S/c1-5-14(4,6-2)17-13(18)10-7-11(15)9(3)12(8-10)21(16,19)20/h7-8H,5-6H2,1-4H3,(H,17,18)(H2,16,19,20). The van der Waals surface area contributed by atoms with Gasteiger partial charge in [0.1, 0.15) is 0 Å². The molecule has 1 aromatic rings. The molecule has 0 atom stereocenters. The van der Waals surface area contributed by atoms with Crippen molar-refractivity contribution in [1.29, 1.82) is 0 Å². The molecule has 7 heteroatoms. The Morgan fingerprint density at radius 3 is 2.29 bits per heavy atom. The van der Waals surface area contributed by atoms with Crippen LogP contribution in [0.25, 0.3) is 0 Å². The Labute approximate surface area is 130 Å². The fourth-order valence-corrected chi connectivity index (χ4v) is 2.96. The smallest absolute Gasteiger partial charge is 0.251 e. The first-order chi connectivity index (χ1) is 9.54. The summed E-state index contributed by atoms with van der Waals surface area (Å²) in [7, 11) is -3.93. The van der Waals surface area contributed by atoms with E-state index < -0.39 is 10.0 Å². The van der Waals surface area contributed by atoms with Crippen molar-refractivity contribution in [3.8, 4) is 0 Å². The second-order valence-corrected chi connectivity index (χ2v) is 7.29. The molecule has 1 amide bonds.